The summed E-state index contributed by atoms with van der Waals surface area (Å²) in [5.41, 5.74) is -0.148. The molecule has 1 heterocycles. The molecule has 1 unspecified atom stereocenters. The van der Waals surface area contributed by atoms with E-state index in [9.17, 15) is 4.79 Å². The van der Waals surface area contributed by atoms with Crippen molar-refractivity contribution in [1.29, 1.82) is 0 Å². The molecule has 0 aliphatic carbocycles. The molecule has 1 atom stereocenters. The molecule has 0 amide bonds. The molecule has 0 saturated carbocycles. The number of aliphatic hydroxyl groups excluding tert-OH is 1. The molecule has 0 fully saturated rings. The average molecular weight is 273 g/mol. The van der Waals surface area contributed by atoms with Crippen LogP contribution < -0.4 is 5.32 Å². The summed E-state index contributed by atoms with van der Waals surface area (Å²) in [6, 6.07) is 3.15. The molecule has 1 aromatic heterocycles. The van der Waals surface area contributed by atoms with Gasteiger partial charge in [-0.3, -0.25) is 0 Å². The summed E-state index contributed by atoms with van der Waals surface area (Å²) in [4.78, 5) is 14.7. The van der Waals surface area contributed by atoms with Crippen molar-refractivity contribution < 1.29 is 15.0 Å². The number of carboxylic acid groups (broad SMARTS) is 1. The number of nitrogens with one attached hydrogen (secondary N) is 1. The van der Waals surface area contributed by atoms with Crippen LogP contribution in [0.15, 0.2) is 12.1 Å². The lowest BCUT2D eigenvalue weighted by molar-refractivity contribution is 0.0691. The van der Waals surface area contributed by atoms with E-state index < -0.39 is 5.97 Å². The third-order valence-electron chi connectivity index (χ3n) is 2.54. The Balaban J connectivity index is 2.48. The maximum atomic E-state index is 10.8. The van der Waals surface area contributed by atoms with Crippen LogP contribution in [0.1, 0.15) is 30.3 Å². The van der Waals surface area contributed by atoms with Crippen molar-refractivity contribution in [2.24, 2.45) is 5.92 Å². The number of aliphatic hydroxyl groups is 1. The van der Waals surface area contributed by atoms with Gasteiger partial charge in [0.05, 0.1) is 5.02 Å². The Morgan fingerprint density at radius 1 is 1.56 bits per heavy atom. The van der Waals surface area contributed by atoms with E-state index in [2.05, 4.69) is 10.3 Å². The number of hydrogen-bond donors (Lipinski definition) is 3. The van der Waals surface area contributed by atoms with Gasteiger partial charge in [-0.1, -0.05) is 18.5 Å². The SMILES string of the molecule is CC(CO)CCCNc1ccc(Cl)c(C(=O)O)n1. The molecule has 100 valence electrons. The van der Waals surface area contributed by atoms with Crippen LogP contribution in [0.25, 0.3) is 0 Å². The topological polar surface area (TPSA) is 82.5 Å². The van der Waals surface area contributed by atoms with E-state index >= 15 is 0 Å². The number of carboxylic acids is 1. The number of nitrogens with zero attached hydrogens (tertiary/aromatic N) is 1. The predicted molar refractivity (Wildman–Crippen MR) is 70.2 cm³/mol. The number of hydrogen-bond acceptors (Lipinski definition) is 4. The van der Waals surface area contributed by atoms with E-state index in [0.717, 1.165) is 12.8 Å². The maximum absolute atomic E-state index is 10.8. The van der Waals surface area contributed by atoms with Crippen molar-refractivity contribution in [3.05, 3.63) is 22.8 Å². The minimum absolute atomic E-state index is 0.127. The van der Waals surface area contributed by atoms with Crippen LogP contribution in [0.2, 0.25) is 5.02 Å². The van der Waals surface area contributed by atoms with E-state index in [1.165, 1.54) is 6.07 Å². The fourth-order valence-electron chi connectivity index (χ4n) is 1.45. The predicted octanol–water partition coefficient (Wildman–Crippen LogP) is 2.25. The van der Waals surface area contributed by atoms with Crippen molar-refractivity contribution in [1.82, 2.24) is 4.98 Å². The van der Waals surface area contributed by atoms with Crippen LogP contribution in [-0.4, -0.2) is 34.3 Å². The number of pyridine rings is 1. The van der Waals surface area contributed by atoms with Crippen LogP contribution in [0, 0.1) is 5.92 Å². The summed E-state index contributed by atoms with van der Waals surface area (Å²) in [7, 11) is 0. The minimum Gasteiger partial charge on any atom is -0.476 e. The highest BCUT2D eigenvalue weighted by Crippen LogP contribution is 2.16. The lowest BCUT2D eigenvalue weighted by atomic mass is 10.1. The molecule has 0 aliphatic rings. The van der Waals surface area contributed by atoms with E-state index in [0.29, 0.717) is 12.4 Å². The molecule has 0 aliphatic heterocycles. The Labute approximate surface area is 111 Å². The Hall–Kier alpha value is -1.33. The van der Waals surface area contributed by atoms with Crippen molar-refractivity contribution in [2.75, 3.05) is 18.5 Å². The van der Waals surface area contributed by atoms with Gasteiger partial charge in [0, 0.05) is 13.2 Å². The summed E-state index contributed by atoms with van der Waals surface area (Å²) in [6.07, 6.45) is 1.79. The van der Waals surface area contributed by atoms with Gasteiger partial charge in [0.25, 0.3) is 0 Å². The molecule has 0 spiro atoms. The number of anilines is 1. The molecule has 6 heteroatoms. The zero-order chi connectivity index (χ0) is 13.5. The van der Waals surface area contributed by atoms with Crippen molar-refractivity contribution >= 4 is 23.4 Å². The number of aromatic carboxylic acids is 1. The summed E-state index contributed by atoms with van der Waals surface area (Å²) in [6.45, 7) is 2.84. The van der Waals surface area contributed by atoms with Crippen molar-refractivity contribution in [3.63, 3.8) is 0 Å². The first kappa shape index (κ1) is 14.7. The first-order chi connectivity index (χ1) is 8.54. The first-order valence-electron chi connectivity index (χ1n) is 5.79. The summed E-state index contributed by atoms with van der Waals surface area (Å²) in [5.74, 6) is -0.370. The van der Waals surface area contributed by atoms with E-state index in [-0.39, 0.29) is 23.2 Å². The Kier molecular flexibility index (Phi) is 5.88. The van der Waals surface area contributed by atoms with E-state index in [1.54, 1.807) is 6.07 Å². The minimum atomic E-state index is -1.14. The van der Waals surface area contributed by atoms with Crippen molar-refractivity contribution in [2.45, 2.75) is 19.8 Å². The molecule has 3 N–H and O–H groups in total. The average Bonchev–Trinajstić information content (AvgIpc) is 2.35. The van der Waals surface area contributed by atoms with Gasteiger partial charge in [-0.25, -0.2) is 9.78 Å². The third kappa shape index (κ3) is 4.50. The van der Waals surface area contributed by atoms with Gasteiger partial charge in [0.1, 0.15) is 5.82 Å². The second-order valence-electron chi connectivity index (χ2n) is 4.19. The number of aromatic nitrogens is 1. The molecule has 1 aromatic rings. The molecule has 0 saturated heterocycles. The maximum Gasteiger partial charge on any atom is 0.356 e. The molecule has 0 bridgehead atoms. The highest BCUT2D eigenvalue weighted by molar-refractivity contribution is 6.33. The highest BCUT2D eigenvalue weighted by atomic mass is 35.5. The van der Waals surface area contributed by atoms with Gasteiger partial charge in [-0.2, -0.15) is 0 Å². The monoisotopic (exact) mass is 272 g/mol. The lowest BCUT2D eigenvalue weighted by Gasteiger charge is -2.09. The quantitative estimate of drug-likeness (QED) is 0.663. The van der Waals surface area contributed by atoms with Gasteiger partial charge < -0.3 is 15.5 Å². The van der Waals surface area contributed by atoms with Crippen LogP contribution in [0.5, 0.6) is 0 Å². The summed E-state index contributed by atoms with van der Waals surface area (Å²) >= 11 is 5.71. The molecule has 5 nitrogen and oxygen atoms in total. The Morgan fingerprint density at radius 3 is 2.89 bits per heavy atom. The number of carbonyl (C=O) groups is 1. The van der Waals surface area contributed by atoms with Gasteiger partial charge in [-0.15, -0.1) is 0 Å². The molecule has 0 aromatic carbocycles. The zero-order valence-electron chi connectivity index (χ0n) is 10.2. The zero-order valence-corrected chi connectivity index (χ0v) is 10.9. The van der Waals surface area contributed by atoms with E-state index in [1.807, 2.05) is 6.92 Å². The molecule has 0 radical (unpaired) electrons. The molecule has 1 rings (SSSR count). The van der Waals surface area contributed by atoms with Crippen LogP contribution in [0.3, 0.4) is 0 Å². The standard InChI is InChI=1S/C12H17ClN2O3/c1-8(7-16)3-2-6-14-10-5-4-9(13)11(15-10)12(17)18/h4-5,8,16H,2-3,6-7H2,1H3,(H,14,15)(H,17,18). The summed E-state index contributed by atoms with van der Waals surface area (Å²) < 4.78 is 0. The largest absolute Gasteiger partial charge is 0.476 e. The van der Waals surface area contributed by atoms with Gasteiger partial charge >= 0.3 is 5.97 Å². The number of halogens is 1. The second kappa shape index (κ2) is 7.18. The van der Waals surface area contributed by atoms with Crippen molar-refractivity contribution in [3.8, 4) is 0 Å². The van der Waals surface area contributed by atoms with Crippen LogP contribution >= 0.6 is 11.6 Å². The fourth-order valence-corrected chi connectivity index (χ4v) is 1.63. The first-order valence-corrected chi connectivity index (χ1v) is 6.17. The lowest BCUT2D eigenvalue weighted by Crippen LogP contribution is -2.09. The fraction of sp³-hybridized carbons (Fsp3) is 0.500. The smallest absolute Gasteiger partial charge is 0.356 e. The number of rotatable bonds is 7. The normalized spacial score (nSPS) is 12.2. The van der Waals surface area contributed by atoms with Crippen LogP contribution in [-0.2, 0) is 0 Å². The molecule has 18 heavy (non-hydrogen) atoms. The highest BCUT2D eigenvalue weighted by Gasteiger charge is 2.11. The van der Waals surface area contributed by atoms with Gasteiger partial charge in [0.2, 0.25) is 0 Å². The summed E-state index contributed by atoms with van der Waals surface area (Å²) in [5, 5.41) is 20.9. The Bertz CT molecular complexity index is 412. The van der Waals surface area contributed by atoms with Gasteiger partial charge in [-0.05, 0) is 30.9 Å². The molecular formula is C12H17ClN2O3. The van der Waals surface area contributed by atoms with E-state index in [4.69, 9.17) is 21.8 Å². The third-order valence-corrected chi connectivity index (χ3v) is 2.85. The second-order valence-corrected chi connectivity index (χ2v) is 4.60. The Morgan fingerprint density at radius 2 is 2.28 bits per heavy atom. The van der Waals surface area contributed by atoms with Crippen LogP contribution in [0.4, 0.5) is 5.82 Å². The molecular weight excluding hydrogens is 256 g/mol. The van der Waals surface area contributed by atoms with Gasteiger partial charge in [0.15, 0.2) is 5.69 Å².